The molecule has 1 N–H and O–H groups in total. The molecule has 29 heavy (non-hydrogen) atoms. The minimum Gasteiger partial charge on any atom is -0.489 e. The van der Waals surface area contributed by atoms with Crippen molar-refractivity contribution in [3.63, 3.8) is 0 Å². The van der Waals surface area contributed by atoms with Crippen molar-refractivity contribution in [1.82, 2.24) is 4.90 Å². The van der Waals surface area contributed by atoms with Crippen LogP contribution in [0.25, 0.3) is 0 Å². The predicted octanol–water partition coefficient (Wildman–Crippen LogP) is 5.93. The monoisotopic (exact) mass is 395 g/mol. The quantitative estimate of drug-likeness (QED) is 0.479. The highest BCUT2D eigenvalue weighted by molar-refractivity contribution is 5.43. The maximum absolute atomic E-state index is 9.67. The molecule has 0 amide bonds. The van der Waals surface area contributed by atoms with Gasteiger partial charge >= 0.3 is 0 Å². The van der Waals surface area contributed by atoms with Crippen LogP contribution >= 0.6 is 0 Å². The number of aliphatic hydroxyl groups is 1. The van der Waals surface area contributed by atoms with Crippen LogP contribution in [-0.4, -0.2) is 28.6 Å². The fourth-order valence-electron chi connectivity index (χ4n) is 3.89. The summed E-state index contributed by atoms with van der Waals surface area (Å²) in [5.74, 6) is 1.06. The lowest BCUT2D eigenvalue weighted by atomic mass is 9.87. The molecule has 0 saturated carbocycles. The van der Waals surface area contributed by atoms with Crippen molar-refractivity contribution in [3.05, 3.63) is 77.4 Å². The first-order valence-electron chi connectivity index (χ1n) is 10.6. The zero-order chi connectivity index (χ0) is 21.4. The lowest BCUT2D eigenvalue weighted by molar-refractivity contribution is 0.170. The normalized spacial score (nSPS) is 12.6. The Labute approximate surface area is 177 Å². The topological polar surface area (TPSA) is 32.7 Å². The van der Waals surface area contributed by atoms with Crippen LogP contribution < -0.4 is 4.74 Å². The average molecular weight is 396 g/mol. The van der Waals surface area contributed by atoms with Crippen LogP contribution in [0, 0.1) is 0 Å². The molecule has 2 aromatic rings. The number of ether oxygens (including phenoxy) is 1. The van der Waals surface area contributed by atoms with Gasteiger partial charge in [0.15, 0.2) is 0 Å². The van der Waals surface area contributed by atoms with Gasteiger partial charge in [-0.2, -0.15) is 0 Å². The molecule has 0 bridgehead atoms. The smallest absolute Gasteiger partial charge is 0.123 e. The second kappa shape index (κ2) is 11.2. The van der Waals surface area contributed by atoms with Gasteiger partial charge in [0.05, 0.1) is 6.61 Å². The van der Waals surface area contributed by atoms with Crippen molar-refractivity contribution < 1.29 is 9.84 Å². The Kier molecular flexibility index (Phi) is 8.94. The fraction of sp³-hybridized carbons (Fsp3) is 0.462. The second-order valence-corrected chi connectivity index (χ2v) is 8.42. The molecule has 0 aliphatic carbocycles. The average Bonchev–Trinajstić information content (AvgIpc) is 2.69. The van der Waals surface area contributed by atoms with E-state index in [9.17, 15) is 5.11 Å². The number of benzene rings is 2. The van der Waals surface area contributed by atoms with Gasteiger partial charge in [0.25, 0.3) is 0 Å². The van der Waals surface area contributed by atoms with Crippen molar-refractivity contribution in [1.29, 1.82) is 0 Å². The molecule has 0 radical (unpaired) electrons. The van der Waals surface area contributed by atoms with Crippen molar-refractivity contribution >= 4 is 0 Å². The Balaban J connectivity index is 2.27. The molecule has 0 aromatic heterocycles. The largest absolute Gasteiger partial charge is 0.489 e. The Morgan fingerprint density at radius 3 is 2.21 bits per heavy atom. The van der Waals surface area contributed by atoms with Crippen molar-refractivity contribution in [2.24, 2.45) is 0 Å². The van der Waals surface area contributed by atoms with Gasteiger partial charge in [0.1, 0.15) is 12.4 Å². The molecule has 0 spiro atoms. The zero-order valence-corrected chi connectivity index (χ0v) is 18.7. The third kappa shape index (κ3) is 6.73. The number of hydrogen-bond donors (Lipinski definition) is 1. The third-order valence-electron chi connectivity index (χ3n) is 5.47. The van der Waals surface area contributed by atoms with Gasteiger partial charge in [0, 0.05) is 23.6 Å². The maximum atomic E-state index is 9.67. The zero-order valence-electron chi connectivity index (χ0n) is 18.7. The van der Waals surface area contributed by atoms with Crippen LogP contribution in [0.4, 0.5) is 0 Å². The van der Waals surface area contributed by atoms with Crippen LogP contribution in [0.1, 0.15) is 63.6 Å². The summed E-state index contributed by atoms with van der Waals surface area (Å²) in [4.78, 5) is 2.51. The molecule has 1 atom stereocenters. The molecule has 0 fully saturated rings. The van der Waals surface area contributed by atoms with E-state index in [2.05, 4.69) is 64.3 Å². The molecule has 0 heterocycles. The van der Waals surface area contributed by atoms with Gasteiger partial charge in [-0.05, 0) is 70.8 Å². The molecule has 2 aromatic carbocycles. The van der Waals surface area contributed by atoms with Crippen LogP contribution in [0.2, 0.25) is 0 Å². The van der Waals surface area contributed by atoms with E-state index in [-0.39, 0.29) is 12.5 Å². The summed E-state index contributed by atoms with van der Waals surface area (Å²) in [6.45, 7) is 16.9. The number of aliphatic hydroxyl groups excluding tert-OH is 1. The first-order chi connectivity index (χ1) is 13.8. The summed E-state index contributed by atoms with van der Waals surface area (Å²) in [6.07, 6.45) is 0.974. The highest BCUT2D eigenvalue weighted by Crippen LogP contribution is 2.35. The minimum atomic E-state index is 0.0268. The van der Waals surface area contributed by atoms with E-state index in [1.165, 1.54) is 0 Å². The van der Waals surface area contributed by atoms with E-state index < -0.39 is 0 Å². The SMILES string of the molecule is C=C(C)[C@@H](CCN(C(C)C)C(C)C)c1cc(CO)ccc1OCc1ccccc1. The van der Waals surface area contributed by atoms with Crippen LogP contribution in [0.5, 0.6) is 5.75 Å². The molecule has 3 nitrogen and oxygen atoms in total. The van der Waals surface area contributed by atoms with E-state index in [0.717, 1.165) is 41.0 Å². The maximum Gasteiger partial charge on any atom is 0.123 e. The first kappa shape index (κ1) is 23.2. The highest BCUT2D eigenvalue weighted by Gasteiger charge is 2.21. The lowest BCUT2D eigenvalue weighted by Gasteiger charge is -2.32. The summed E-state index contributed by atoms with van der Waals surface area (Å²) in [5, 5.41) is 9.67. The van der Waals surface area contributed by atoms with Gasteiger partial charge in [-0.1, -0.05) is 48.6 Å². The standard InChI is InChI=1S/C26H37NO2/c1-19(2)24(14-15-27(20(3)4)21(5)6)25-16-23(17-28)12-13-26(25)29-18-22-10-8-7-9-11-22/h7-13,16,20-21,24,28H,1,14-15,17-18H2,2-6H3/t24-/m1/s1. The van der Waals surface area contributed by atoms with Gasteiger partial charge in [-0.25, -0.2) is 0 Å². The fourth-order valence-corrected chi connectivity index (χ4v) is 3.89. The van der Waals surface area contributed by atoms with E-state index >= 15 is 0 Å². The Morgan fingerprint density at radius 2 is 1.66 bits per heavy atom. The molecular formula is C26H37NO2. The summed E-state index contributed by atoms with van der Waals surface area (Å²) in [5.41, 5.74) is 4.29. The van der Waals surface area contributed by atoms with E-state index in [0.29, 0.717) is 18.7 Å². The van der Waals surface area contributed by atoms with E-state index in [4.69, 9.17) is 4.74 Å². The molecular weight excluding hydrogens is 358 g/mol. The molecule has 0 aliphatic rings. The van der Waals surface area contributed by atoms with E-state index in [1.54, 1.807) is 0 Å². The number of rotatable bonds is 11. The van der Waals surface area contributed by atoms with Crippen molar-refractivity contribution in [2.45, 2.75) is 72.3 Å². The minimum absolute atomic E-state index is 0.0268. The van der Waals surface area contributed by atoms with Crippen LogP contribution in [0.15, 0.2) is 60.7 Å². The highest BCUT2D eigenvalue weighted by atomic mass is 16.5. The molecule has 2 rings (SSSR count). The predicted molar refractivity (Wildman–Crippen MR) is 122 cm³/mol. The van der Waals surface area contributed by atoms with Gasteiger partial charge in [0.2, 0.25) is 0 Å². The summed E-state index contributed by atoms with van der Waals surface area (Å²) >= 11 is 0. The van der Waals surface area contributed by atoms with Gasteiger partial charge in [-0.15, -0.1) is 0 Å². The van der Waals surface area contributed by atoms with Gasteiger partial charge in [-0.3, -0.25) is 4.90 Å². The number of nitrogens with zero attached hydrogens (tertiary/aromatic N) is 1. The molecule has 158 valence electrons. The summed E-state index contributed by atoms with van der Waals surface area (Å²) < 4.78 is 6.22. The van der Waals surface area contributed by atoms with Crippen LogP contribution in [-0.2, 0) is 13.2 Å². The molecule has 0 unspecified atom stereocenters. The van der Waals surface area contributed by atoms with E-state index in [1.807, 2.05) is 30.3 Å². The van der Waals surface area contributed by atoms with Crippen molar-refractivity contribution in [3.8, 4) is 5.75 Å². The Hall–Kier alpha value is -2.10. The Bertz CT molecular complexity index is 760. The third-order valence-corrected chi connectivity index (χ3v) is 5.47. The number of hydrogen-bond acceptors (Lipinski definition) is 3. The molecule has 0 aliphatic heterocycles. The lowest BCUT2D eigenvalue weighted by Crippen LogP contribution is -2.38. The second-order valence-electron chi connectivity index (χ2n) is 8.42. The Morgan fingerprint density at radius 1 is 1.00 bits per heavy atom. The molecule has 3 heteroatoms. The molecule has 0 saturated heterocycles. The summed E-state index contributed by atoms with van der Waals surface area (Å²) in [6, 6.07) is 17.2. The van der Waals surface area contributed by atoms with Crippen molar-refractivity contribution in [2.75, 3.05) is 6.54 Å². The van der Waals surface area contributed by atoms with Gasteiger partial charge < -0.3 is 9.84 Å². The number of allylic oxidation sites excluding steroid dienone is 1. The van der Waals surface area contributed by atoms with Crippen LogP contribution in [0.3, 0.4) is 0 Å². The summed E-state index contributed by atoms with van der Waals surface area (Å²) in [7, 11) is 0. The first-order valence-corrected chi connectivity index (χ1v) is 10.6.